The van der Waals surface area contributed by atoms with Crippen molar-refractivity contribution in [3.05, 3.63) is 66.0 Å². The number of tetrazole rings is 1. The second-order valence-electron chi connectivity index (χ2n) is 5.14. The SMILES string of the molecule is COc1ccccc1C(=O)N/N=C(\C)c1ccc(-n2cnnn2)cc1. The number of rotatable bonds is 5. The molecule has 0 bridgehead atoms. The lowest BCUT2D eigenvalue weighted by atomic mass is 10.1. The quantitative estimate of drug-likeness (QED) is 0.566. The number of carbonyl (C=O) groups is 1. The van der Waals surface area contributed by atoms with Gasteiger partial charge in [0.25, 0.3) is 5.91 Å². The number of amides is 1. The molecule has 0 aliphatic heterocycles. The molecule has 1 aromatic heterocycles. The second-order valence-corrected chi connectivity index (χ2v) is 5.14. The molecular formula is C17H16N6O2. The zero-order chi connectivity index (χ0) is 17.6. The largest absolute Gasteiger partial charge is 0.496 e. The lowest BCUT2D eigenvalue weighted by Crippen LogP contribution is -2.20. The van der Waals surface area contributed by atoms with Crippen LogP contribution in [0.25, 0.3) is 5.69 Å². The van der Waals surface area contributed by atoms with Gasteiger partial charge in [0.15, 0.2) is 0 Å². The number of benzene rings is 2. The Morgan fingerprint density at radius 3 is 2.60 bits per heavy atom. The zero-order valence-electron chi connectivity index (χ0n) is 13.7. The number of nitrogens with zero attached hydrogens (tertiary/aromatic N) is 5. The number of ether oxygens (including phenoxy) is 1. The normalized spacial score (nSPS) is 11.2. The van der Waals surface area contributed by atoms with E-state index in [4.69, 9.17) is 4.74 Å². The number of hydrazone groups is 1. The molecule has 0 saturated carbocycles. The molecule has 0 unspecified atom stereocenters. The molecule has 25 heavy (non-hydrogen) atoms. The van der Waals surface area contributed by atoms with E-state index in [0.29, 0.717) is 17.0 Å². The Balaban J connectivity index is 1.72. The lowest BCUT2D eigenvalue weighted by molar-refractivity contribution is 0.0952. The number of methoxy groups -OCH3 is 1. The van der Waals surface area contributed by atoms with E-state index in [9.17, 15) is 4.79 Å². The van der Waals surface area contributed by atoms with Gasteiger partial charge in [-0.15, -0.1) is 5.10 Å². The van der Waals surface area contributed by atoms with Crippen LogP contribution in [0.5, 0.6) is 5.75 Å². The molecule has 1 amide bonds. The van der Waals surface area contributed by atoms with Gasteiger partial charge in [-0.2, -0.15) is 5.10 Å². The summed E-state index contributed by atoms with van der Waals surface area (Å²) in [4.78, 5) is 12.2. The highest BCUT2D eigenvalue weighted by molar-refractivity contribution is 6.01. The maximum absolute atomic E-state index is 12.2. The predicted molar refractivity (Wildman–Crippen MR) is 91.8 cm³/mol. The van der Waals surface area contributed by atoms with Crippen LogP contribution in [-0.2, 0) is 0 Å². The summed E-state index contributed by atoms with van der Waals surface area (Å²) in [5.41, 5.74) is 5.35. The lowest BCUT2D eigenvalue weighted by Gasteiger charge is -2.07. The standard InChI is InChI=1S/C17H16N6O2/c1-12(13-7-9-14(10-8-13)23-11-18-21-22-23)19-20-17(24)15-5-3-4-6-16(15)25-2/h3-11H,1-2H3,(H,20,24)/b19-12+. The van der Waals surface area contributed by atoms with E-state index < -0.39 is 0 Å². The van der Waals surface area contributed by atoms with Crippen molar-refractivity contribution < 1.29 is 9.53 Å². The molecule has 0 saturated heterocycles. The zero-order valence-corrected chi connectivity index (χ0v) is 13.7. The van der Waals surface area contributed by atoms with Gasteiger partial charge in [-0.25, -0.2) is 10.1 Å². The van der Waals surface area contributed by atoms with Gasteiger partial charge in [-0.05, 0) is 47.2 Å². The van der Waals surface area contributed by atoms with E-state index in [1.54, 1.807) is 28.9 Å². The maximum atomic E-state index is 12.2. The molecule has 0 aliphatic rings. The summed E-state index contributed by atoms with van der Waals surface area (Å²) in [5, 5.41) is 15.2. The Morgan fingerprint density at radius 1 is 1.16 bits per heavy atom. The van der Waals surface area contributed by atoms with Crippen molar-refractivity contribution in [2.24, 2.45) is 5.10 Å². The summed E-state index contributed by atoms with van der Waals surface area (Å²) in [6.45, 7) is 1.81. The van der Waals surface area contributed by atoms with Gasteiger partial charge >= 0.3 is 0 Å². The van der Waals surface area contributed by atoms with Crippen molar-refractivity contribution in [2.45, 2.75) is 6.92 Å². The smallest absolute Gasteiger partial charge is 0.275 e. The minimum Gasteiger partial charge on any atom is -0.496 e. The average molecular weight is 336 g/mol. The summed E-state index contributed by atoms with van der Waals surface area (Å²) in [7, 11) is 1.52. The summed E-state index contributed by atoms with van der Waals surface area (Å²) < 4.78 is 6.73. The number of hydrogen-bond donors (Lipinski definition) is 1. The highest BCUT2D eigenvalue weighted by atomic mass is 16.5. The summed E-state index contributed by atoms with van der Waals surface area (Å²) in [6.07, 6.45) is 1.52. The fourth-order valence-corrected chi connectivity index (χ4v) is 2.23. The van der Waals surface area contributed by atoms with Crippen LogP contribution in [0, 0.1) is 0 Å². The van der Waals surface area contributed by atoms with E-state index in [1.807, 2.05) is 31.2 Å². The molecule has 126 valence electrons. The highest BCUT2D eigenvalue weighted by Crippen LogP contribution is 2.17. The summed E-state index contributed by atoms with van der Waals surface area (Å²) in [6, 6.07) is 14.5. The van der Waals surface area contributed by atoms with Gasteiger partial charge in [0.2, 0.25) is 0 Å². The number of hydrogen-bond acceptors (Lipinski definition) is 6. The number of carbonyl (C=O) groups excluding carboxylic acids is 1. The molecule has 8 heteroatoms. The maximum Gasteiger partial charge on any atom is 0.275 e. The topological polar surface area (TPSA) is 94.3 Å². The molecule has 0 atom stereocenters. The van der Waals surface area contributed by atoms with Crippen molar-refractivity contribution in [1.82, 2.24) is 25.6 Å². The average Bonchev–Trinajstić information content (AvgIpc) is 3.20. The van der Waals surface area contributed by atoms with Crippen LogP contribution in [0.4, 0.5) is 0 Å². The first-order valence-electron chi connectivity index (χ1n) is 7.50. The minimum absolute atomic E-state index is 0.331. The third-order valence-electron chi connectivity index (χ3n) is 3.58. The van der Waals surface area contributed by atoms with E-state index in [0.717, 1.165) is 11.3 Å². The molecule has 3 rings (SSSR count). The Bertz CT molecular complexity index is 888. The first-order valence-corrected chi connectivity index (χ1v) is 7.50. The molecule has 1 N–H and O–H groups in total. The Kier molecular flexibility index (Phi) is 4.79. The van der Waals surface area contributed by atoms with Gasteiger partial charge in [0, 0.05) is 0 Å². The van der Waals surface area contributed by atoms with Crippen LogP contribution >= 0.6 is 0 Å². The van der Waals surface area contributed by atoms with Crippen molar-refractivity contribution in [2.75, 3.05) is 7.11 Å². The molecular weight excluding hydrogens is 320 g/mol. The fraction of sp³-hybridized carbons (Fsp3) is 0.118. The van der Waals surface area contributed by atoms with Crippen LogP contribution < -0.4 is 10.2 Å². The second kappa shape index (κ2) is 7.35. The van der Waals surface area contributed by atoms with Gasteiger partial charge in [-0.1, -0.05) is 24.3 Å². The van der Waals surface area contributed by atoms with Gasteiger partial charge in [-0.3, -0.25) is 4.79 Å². The molecule has 0 radical (unpaired) electrons. The molecule has 2 aromatic carbocycles. The third kappa shape index (κ3) is 3.69. The van der Waals surface area contributed by atoms with Crippen LogP contribution in [0.3, 0.4) is 0 Å². The molecule has 1 heterocycles. The first kappa shape index (κ1) is 16.3. The van der Waals surface area contributed by atoms with E-state index >= 15 is 0 Å². The summed E-state index contributed by atoms with van der Waals surface area (Å²) in [5.74, 6) is 0.167. The molecule has 0 spiro atoms. The number of aromatic nitrogens is 4. The van der Waals surface area contributed by atoms with E-state index in [-0.39, 0.29) is 5.91 Å². The number of nitrogens with one attached hydrogen (secondary N) is 1. The van der Waals surface area contributed by atoms with Crippen LogP contribution in [0.1, 0.15) is 22.8 Å². The van der Waals surface area contributed by atoms with Crippen molar-refractivity contribution in [3.8, 4) is 11.4 Å². The number of para-hydroxylation sites is 1. The molecule has 0 aliphatic carbocycles. The predicted octanol–water partition coefficient (Wildman–Crippen LogP) is 1.82. The van der Waals surface area contributed by atoms with Gasteiger partial charge in [0.1, 0.15) is 12.1 Å². The van der Waals surface area contributed by atoms with Crippen molar-refractivity contribution in [1.29, 1.82) is 0 Å². The Labute approximate surface area is 144 Å². The molecule has 3 aromatic rings. The van der Waals surface area contributed by atoms with Crippen LogP contribution in [0.2, 0.25) is 0 Å². The molecule has 8 nitrogen and oxygen atoms in total. The fourth-order valence-electron chi connectivity index (χ4n) is 2.23. The highest BCUT2D eigenvalue weighted by Gasteiger charge is 2.10. The van der Waals surface area contributed by atoms with Gasteiger partial charge in [0.05, 0.1) is 24.1 Å². The monoisotopic (exact) mass is 336 g/mol. The van der Waals surface area contributed by atoms with Crippen molar-refractivity contribution in [3.63, 3.8) is 0 Å². The van der Waals surface area contributed by atoms with Crippen LogP contribution in [-0.4, -0.2) is 38.9 Å². The van der Waals surface area contributed by atoms with E-state index in [2.05, 4.69) is 26.1 Å². The van der Waals surface area contributed by atoms with Crippen LogP contribution in [0.15, 0.2) is 60.0 Å². The van der Waals surface area contributed by atoms with Crippen molar-refractivity contribution >= 4 is 11.6 Å². The van der Waals surface area contributed by atoms with E-state index in [1.165, 1.54) is 13.4 Å². The summed E-state index contributed by atoms with van der Waals surface area (Å²) >= 11 is 0. The molecule has 0 fully saturated rings. The first-order chi connectivity index (χ1) is 12.2. The Hall–Kier alpha value is -3.55. The Morgan fingerprint density at radius 2 is 1.92 bits per heavy atom. The van der Waals surface area contributed by atoms with Gasteiger partial charge < -0.3 is 4.74 Å². The third-order valence-corrected chi connectivity index (χ3v) is 3.58. The minimum atomic E-state index is -0.331.